The van der Waals surface area contributed by atoms with E-state index in [1.54, 1.807) is 0 Å². The summed E-state index contributed by atoms with van der Waals surface area (Å²) in [6.07, 6.45) is 6.32. The summed E-state index contributed by atoms with van der Waals surface area (Å²) >= 11 is 0. The van der Waals surface area contributed by atoms with Gasteiger partial charge in [0.25, 0.3) is 0 Å². The van der Waals surface area contributed by atoms with Gasteiger partial charge >= 0.3 is 5.97 Å². The molecule has 0 saturated heterocycles. The van der Waals surface area contributed by atoms with Crippen molar-refractivity contribution in [1.82, 2.24) is 4.57 Å². The maximum absolute atomic E-state index is 11.2. The second-order valence-corrected chi connectivity index (χ2v) is 5.06. The zero-order chi connectivity index (χ0) is 15.1. The van der Waals surface area contributed by atoms with Crippen molar-refractivity contribution in [2.24, 2.45) is 0 Å². The number of hydrogen-bond acceptors (Lipinski definition) is 3. The first-order chi connectivity index (χ1) is 10.2. The van der Waals surface area contributed by atoms with Gasteiger partial charge in [-0.15, -0.1) is 0 Å². The zero-order valence-electron chi connectivity index (χ0n) is 12.4. The monoisotopic (exact) mass is 287 g/mol. The van der Waals surface area contributed by atoms with Gasteiger partial charge in [0, 0.05) is 35.6 Å². The SMILES string of the molecule is CCOC(=O)CCCCCn1ccc2cc(C=O)ccc21. The Morgan fingerprint density at radius 2 is 2.10 bits per heavy atom. The molecule has 0 aliphatic rings. The lowest BCUT2D eigenvalue weighted by atomic mass is 10.1. The third kappa shape index (κ3) is 4.18. The minimum atomic E-state index is -0.106. The summed E-state index contributed by atoms with van der Waals surface area (Å²) in [6, 6.07) is 7.75. The Balaban J connectivity index is 1.81. The third-order valence-electron chi connectivity index (χ3n) is 3.52. The molecule has 1 aromatic carbocycles. The van der Waals surface area contributed by atoms with Gasteiger partial charge < -0.3 is 9.30 Å². The van der Waals surface area contributed by atoms with Gasteiger partial charge in [0.05, 0.1) is 6.61 Å². The number of fused-ring (bicyclic) bond motifs is 1. The Morgan fingerprint density at radius 1 is 1.24 bits per heavy atom. The predicted octanol–water partition coefficient (Wildman–Crippen LogP) is 3.58. The third-order valence-corrected chi connectivity index (χ3v) is 3.52. The molecule has 0 radical (unpaired) electrons. The normalized spacial score (nSPS) is 10.7. The topological polar surface area (TPSA) is 48.3 Å². The van der Waals surface area contributed by atoms with Crippen molar-refractivity contribution in [3.8, 4) is 0 Å². The van der Waals surface area contributed by atoms with Crippen molar-refractivity contribution < 1.29 is 14.3 Å². The van der Waals surface area contributed by atoms with Crippen molar-refractivity contribution >= 4 is 23.2 Å². The van der Waals surface area contributed by atoms with Gasteiger partial charge in [-0.25, -0.2) is 0 Å². The molecule has 112 valence electrons. The van der Waals surface area contributed by atoms with Gasteiger partial charge in [0.1, 0.15) is 6.29 Å². The van der Waals surface area contributed by atoms with Crippen LogP contribution in [-0.2, 0) is 16.1 Å². The molecule has 0 atom stereocenters. The first-order valence-corrected chi connectivity index (χ1v) is 7.44. The number of aromatic nitrogens is 1. The average molecular weight is 287 g/mol. The van der Waals surface area contributed by atoms with Gasteiger partial charge in [-0.3, -0.25) is 9.59 Å². The summed E-state index contributed by atoms with van der Waals surface area (Å²) in [5.41, 5.74) is 1.85. The van der Waals surface area contributed by atoms with Crippen LogP contribution in [0.25, 0.3) is 10.9 Å². The molecule has 1 heterocycles. The molecule has 0 aliphatic carbocycles. The number of hydrogen-bond donors (Lipinski definition) is 0. The number of ether oxygens (including phenoxy) is 1. The highest BCUT2D eigenvalue weighted by molar-refractivity contribution is 5.87. The second-order valence-electron chi connectivity index (χ2n) is 5.06. The van der Waals surface area contributed by atoms with Crippen LogP contribution in [0, 0.1) is 0 Å². The number of rotatable bonds is 8. The van der Waals surface area contributed by atoms with Gasteiger partial charge in [-0.1, -0.05) is 6.42 Å². The fraction of sp³-hybridized carbons (Fsp3) is 0.412. The zero-order valence-corrected chi connectivity index (χ0v) is 12.4. The highest BCUT2D eigenvalue weighted by atomic mass is 16.5. The van der Waals surface area contributed by atoms with Crippen LogP contribution in [0.3, 0.4) is 0 Å². The van der Waals surface area contributed by atoms with Crippen LogP contribution < -0.4 is 0 Å². The van der Waals surface area contributed by atoms with Crippen LogP contribution in [-0.4, -0.2) is 23.4 Å². The smallest absolute Gasteiger partial charge is 0.305 e. The van der Waals surface area contributed by atoms with E-state index in [0.717, 1.165) is 43.0 Å². The van der Waals surface area contributed by atoms with Gasteiger partial charge in [-0.2, -0.15) is 0 Å². The number of aryl methyl sites for hydroxylation is 1. The molecule has 0 saturated carbocycles. The van der Waals surface area contributed by atoms with Crippen LogP contribution in [0.1, 0.15) is 43.0 Å². The fourth-order valence-electron chi connectivity index (χ4n) is 2.45. The molecule has 0 fully saturated rings. The van der Waals surface area contributed by atoms with Crippen LogP contribution in [0.4, 0.5) is 0 Å². The molecule has 1 aromatic heterocycles. The summed E-state index contributed by atoms with van der Waals surface area (Å²) in [6.45, 7) is 3.20. The molecule has 4 nitrogen and oxygen atoms in total. The van der Waals surface area contributed by atoms with Crippen molar-refractivity contribution in [3.05, 3.63) is 36.0 Å². The molecule has 21 heavy (non-hydrogen) atoms. The quantitative estimate of drug-likeness (QED) is 0.423. The minimum absolute atomic E-state index is 0.106. The molecule has 2 rings (SSSR count). The molecule has 0 aliphatic heterocycles. The average Bonchev–Trinajstić information content (AvgIpc) is 2.89. The van der Waals surface area contributed by atoms with Crippen molar-refractivity contribution in [1.29, 1.82) is 0 Å². The molecule has 2 aromatic rings. The number of carbonyl (C=O) groups excluding carboxylic acids is 2. The standard InChI is InChI=1S/C17H21NO3/c1-2-21-17(20)6-4-3-5-10-18-11-9-15-12-14(13-19)7-8-16(15)18/h7-9,11-13H,2-6,10H2,1H3. The fourth-order valence-corrected chi connectivity index (χ4v) is 2.45. The summed E-state index contributed by atoms with van der Waals surface area (Å²) in [5.74, 6) is -0.106. The second kappa shape index (κ2) is 7.62. The summed E-state index contributed by atoms with van der Waals surface area (Å²) in [5, 5.41) is 1.09. The van der Waals surface area contributed by atoms with E-state index in [-0.39, 0.29) is 5.97 Å². The summed E-state index contributed by atoms with van der Waals surface area (Å²) in [7, 11) is 0. The van der Waals surface area contributed by atoms with Crippen molar-refractivity contribution in [3.63, 3.8) is 0 Å². The maximum Gasteiger partial charge on any atom is 0.305 e. The van der Waals surface area contributed by atoms with Crippen molar-refractivity contribution in [2.45, 2.75) is 39.2 Å². The van der Waals surface area contributed by atoms with E-state index >= 15 is 0 Å². The number of carbonyl (C=O) groups is 2. The first-order valence-electron chi connectivity index (χ1n) is 7.44. The molecule has 0 bridgehead atoms. The van der Waals surface area contributed by atoms with E-state index in [2.05, 4.69) is 4.57 Å². The van der Waals surface area contributed by atoms with Gasteiger partial charge in [-0.05, 0) is 44.0 Å². The predicted molar refractivity (Wildman–Crippen MR) is 82.4 cm³/mol. The number of benzene rings is 1. The molecule has 0 spiro atoms. The lowest BCUT2D eigenvalue weighted by Crippen LogP contribution is -2.03. The summed E-state index contributed by atoms with van der Waals surface area (Å²) < 4.78 is 7.09. The first kappa shape index (κ1) is 15.3. The van der Waals surface area contributed by atoms with Crippen molar-refractivity contribution in [2.75, 3.05) is 6.61 Å². The molecule has 0 amide bonds. The van der Waals surface area contributed by atoms with E-state index in [1.807, 2.05) is 37.4 Å². The van der Waals surface area contributed by atoms with Crippen LogP contribution >= 0.6 is 0 Å². The summed E-state index contributed by atoms with van der Waals surface area (Å²) in [4.78, 5) is 22.0. The Kier molecular flexibility index (Phi) is 5.55. The molecular weight excluding hydrogens is 266 g/mol. The van der Waals surface area contributed by atoms with Gasteiger partial charge in [0.2, 0.25) is 0 Å². The highest BCUT2D eigenvalue weighted by Crippen LogP contribution is 2.18. The van der Waals surface area contributed by atoms with Crippen LogP contribution in [0.15, 0.2) is 30.5 Å². The van der Waals surface area contributed by atoms with E-state index in [9.17, 15) is 9.59 Å². The number of nitrogens with zero attached hydrogens (tertiary/aromatic N) is 1. The molecule has 0 unspecified atom stereocenters. The van der Waals surface area contributed by atoms with E-state index in [1.165, 1.54) is 0 Å². The molecule has 4 heteroatoms. The van der Waals surface area contributed by atoms with Crippen LogP contribution in [0.5, 0.6) is 0 Å². The number of unbranched alkanes of at least 4 members (excludes halogenated alkanes) is 2. The molecular formula is C17H21NO3. The number of esters is 1. The van der Waals surface area contributed by atoms with E-state index < -0.39 is 0 Å². The van der Waals surface area contributed by atoms with Crippen LogP contribution in [0.2, 0.25) is 0 Å². The molecule has 0 N–H and O–H groups in total. The minimum Gasteiger partial charge on any atom is -0.466 e. The van der Waals surface area contributed by atoms with E-state index in [4.69, 9.17) is 4.74 Å². The number of aldehydes is 1. The largest absolute Gasteiger partial charge is 0.466 e. The maximum atomic E-state index is 11.2. The Bertz CT molecular complexity index is 616. The highest BCUT2D eigenvalue weighted by Gasteiger charge is 2.03. The lowest BCUT2D eigenvalue weighted by molar-refractivity contribution is -0.143. The Labute approximate surface area is 124 Å². The lowest BCUT2D eigenvalue weighted by Gasteiger charge is -2.06. The Hall–Kier alpha value is -2.10. The Morgan fingerprint density at radius 3 is 2.86 bits per heavy atom. The van der Waals surface area contributed by atoms with Gasteiger partial charge in [0.15, 0.2) is 0 Å². The van der Waals surface area contributed by atoms with E-state index in [0.29, 0.717) is 18.6 Å².